The molecule has 0 fully saturated rings. The second-order valence-electron chi connectivity index (χ2n) is 12.4. The van der Waals surface area contributed by atoms with Crippen LogP contribution in [0.1, 0.15) is 11.1 Å². The standard InChI is InChI=1S/C16H20P2.2C16H9.2Ag/c1-17(15-9-5-3-6-10-15)13-14-18(2)16-11-7-4-8-12-16;2*1-2-12-11-13-7-3-4-9-15(13)16-10-6-5-8-14(12)16;;/h3-12H,13-14H2,1-2H3;2*3-11H;;/q;2*-1;2*+1/p+2. The van der Waals surface area contributed by atoms with E-state index in [1.807, 2.05) is 72.8 Å². The van der Waals surface area contributed by atoms with Crippen molar-refractivity contribution in [2.75, 3.05) is 25.7 Å². The SMILES string of the molecule is C[PH+](CC[PH+](C)c1ccccc1)c1ccccc1.[Ag+].[Ag+].[C-]#Cc1cc2ccccc2c2ccccc12.[C-]#Cc1cc2ccccc2c2ccccc12. The maximum absolute atomic E-state index is 7.35. The fourth-order valence-electron chi connectivity index (χ4n) is 6.42. The Hall–Kier alpha value is -3.74. The molecule has 262 valence electrons. The van der Waals surface area contributed by atoms with Crippen molar-refractivity contribution in [1.82, 2.24) is 0 Å². The van der Waals surface area contributed by atoms with Crippen LogP contribution in [-0.2, 0) is 44.8 Å². The van der Waals surface area contributed by atoms with Crippen molar-refractivity contribution in [1.29, 1.82) is 0 Å². The van der Waals surface area contributed by atoms with Crippen molar-refractivity contribution in [3.63, 3.8) is 0 Å². The maximum Gasteiger partial charge on any atom is 1.00 e. The second kappa shape index (κ2) is 20.5. The monoisotopic (exact) mass is 892 g/mol. The van der Waals surface area contributed by atoms with Gasteiger partial charge < -0.3 is 12.8 Å². The molecule has 0 radical (unpaired) electrons. The fourth-order valence-corrected chi connectivity index (χ4v) is 11.5. The van der Waals surface area contributed by atoms with Crippen LogP contribution in [0.4, 0.5) is 0 Å². The molecule has 0 aliphatic rings. The summed E-state index contributed by atoms with van der Waals surface area (Å²) in [5, 5.41) is 12.5. The van der Waals surface area contributed by atoms with E-state index in [1.165, 1.54) is 33.9 Å². The molecule has 0 heterocycles. The summed E-state index contributed by atoms with van der Waals surface area (Å²) in [6, 6.07) is 58.9. The van der Waals surface area contributed by atoms with Gasteiger partial charge in [-0.1, -0.05) is 144 Å². The molecule has 0 aliphatic carbocycles. The predicted octanol–water partition coefficient (Wildman–Crippen LogP) is 11.2. The van der Waals surface area contributed by atoms with Crippen molar-refractivity contribution >= 4 is 69.5 Å². The molecular formula is C48H40Ag2P2+2. The Morgan fingerprint density at radius 2 is 0.673 bits per heavy atom. The molecule has 0 saturated carbocycles. The summed E-state index contributed by atoms with van der Waals surface area (Å²) in [5.41, 5.74) is 1.71. The first-order valence-electron chi connectivity index (χ1n) is 17.0. The van der Waals surface area contributed by atoms with Crippen LogP contribution >= 0.6 is 15.8 Å². The van der Waals surface area contributed by atoms with E-state index in [-0.39, 0.29) is 60.6 Å². The van der Waals surface area contributed by atoms with Crippen LogP contribution in [0.3, 0.4) is 0 Å². The predicted molar refractivity (Wildman–Crippen MR) is 226 cm³/mol. The molecule has 8 aromatic carbocycles. The van der Waals surface area contributed by atoms with Crippen LogP contribution < -0.4 is 10.6 Å². The van der Waals surface area contributed by atoms with Crippen LogP contribution in [0.5, 0.6) is 0 Å². The first kappa shape index (κ1) is 41.0. The molecule has 4 heteroatoms. The number of hydrogen-bond acceptors (Lipinski definition) is 0. The van der Waals surface area contributed by atoms with Gasteiger partial charge in [-0.15, -0.1) is 23.3 Å². The second-order valence-corrected chi connectivity index (χ2v) is 17.7. The average molecular weight is 895 g/mol. The summed E-state index contributed by atoms with van der Waals surface area (Å²) in [7, 11) is -0.688. The van der Waals surface area contributed by atoms with E-state index < -0.39 is 0 Å². The van der Waals surface area contributed by atoms with Crippen LogP contribution in [0.25, 0.3) is 43.1 Å². The van der Waals surface area contributed by atoms with E-state index in [9.17, 15) is 0 Å². The zero-order valence-electron chi connectivity index (χ0n) is 29.2. The molecule has 0 bridgehead atoms. The zero-order valence-corrected chi connectivity index (χ0v) is 34.1. The van der Waals surface area contributed by atoms with Gasteiger partial charge in [0.1, 0.15) is 0 Å². The van der Waals surface area contributed by atoms with Gasteiger partial charge in [0, 0.05) is 15.8 Å². The van der Waals surface area contributed by atoms with Crippen molar-refractivity contribution < 1.29 is 44.8 Å². The van der Waals surface area contributed by atoms with Gasteiger partial charge in [-0.3, -0.25) is 11.8 Å². The zero-order chi connectivity index (χ0) is 34.7. The topological polar surface area (TPSA) is 0 Å². The fraction of sp³-hybridized carbons (Fsp3) is 0.0833. The summed E-state index contributed by atoms with van der Waals surface area (Å²) in [5.74, 6) is 5.02. The molecule has 0 spiro atoms. The van der Waals surface area contributed by atoms with E-state index in [2.05, 4.69) is 122 Å². The Balaban J connectivity index is 0.000000171. The third-order valence-electron chi connectivity index (χ3n) is 9.21. The normalized spacial score (nSPS) is 11.3. The van der Waals surface area contributed by atoms with Gasteiger partial charge >= 0.3 is 44.8 Å². The number of hydrogen-bond donors (Lipinski definition) is 0. The molecule has 0 N–H and O–H groups in total. The Labute approximate surface area is 343 Å². The molecule has 2 unspecified atom stereocenters. The average Bonchev–Trinajstić information content (AvgIpc) is 3.20. The Morgan fingerprint density at radius 3 is 1.02 bits per heavy atom. The summed E-state index contributed by atoms with van der Waals surface area (Å²) in [6.45, 7) is 4.89. The molecule has 0 aliphatic heterocycles. The summed E-state index contributed by atoms with van der Waals surface area (Å²) >= 11 is 0. The maximum atomic E-state index is 7.35. The molecule has 0 amide bonds. The van der Waals surface area contributed by atoms with Crippen LogP contribution in [0.2, 0.25) is 0 Å². The van der Waals surface area contributed by atoms with E-state index >= 15 is 0 Å². The van der Waals surface area contributed by atoms with Gasteiger partial charge in [-0.05, 0) is 56.6 Å². The summed E-state index contributed by atoms with van der Waals surface area (Å²) in [4.78, 5) is 0. The van der Waals surface area contributed by atoms with Crippen molar-refractivity contribution in [3.05, 3.63) is 194 Å². The van der Waals surface area contributed by atoms with Crippen molar-refractivity contribution in [3.8, 4) is 11.8 Å². The molecule has 2 atom stereocenters. The van der Waals surface area contributed by atoms with Gasteiger partial charge in [0.2, 0.25) is 0 Å². The van der Waals surface area contributed by atoms with Crippen molar-refractivity contribution in [2.24, 2.45) is 0 Å². The third kappa shape index (κ3) is 10.0. The van der Waals surface area contributed by atoms with Crippen LogP contribution in [0, 0.1) is 24.7 Å². The largest absolute Gasteiger partial charge is 1.00 e. The van der Waals surface area contributed by atoms with E-state index in [0.717, 1.165) is 32.7 Å². The Morgan fingerprint density at radius 1 is 0.385 bits per heavy atom. The van der Waals surface area contributed by atoms with Crippen molar-refractivity contribution in [2.45, 2.75) is 0 Å². The molecule has 0 saturated heterocycles. The number of fused-ring (bicyclic) bond motifs is 6. The number of benzene rings is 8. The van der Waals surface area contributed by atoms with Crippen LogP contribution in [0.15, 0.2) is 170 Å². The first-order valence-corrected chi connectivity index (χ1v) is 21.4. The quantitative estimate of drug-likeness (QED) is 0.0531. The molecule has 8 aromatic rings. The van der Waals surface area contributed by atoms with Gasteiger partial charge in [0.05, 0.1) is 36.3 Å². The Kier molecular flexibility index (Phi) is 16.2. The molecular weight excluding hydrogens is 854 g/mol. The summed E-state index contributed by atoms with van der Waals surface area (Å²) < 4.78 is 0. The molecule has 52 heavy (non-hydrogen) atoms. The minimum absolute atomic E-state index is 0. The number of rotatable bonds is 5. The van der Waals surface area contributed by atoms with Crippen LogP contribution in [-0.4, -0.2) is 25.7 Å². The van der Waals surface area contributed by atoms with Gasteiger partial charge in [-0.2, -0.15) is 0 Å². The minimum atomic E-state index is -0.344. The van der Waals surface area contributed by atoms with E-state index in [1.54, 1.807) is 10.6 Å². The molecule has 8 rings (SSSR count). The van der Waals surface area contributed by atoms with E-state index in [4.69, 9.17) is 12.8 Å². The van der Waals surface area contributed by atoms with Gasteiger partial charge in [-0.25, -0.2) is 0 Å². The minimum Gasteiger partial charge on any atom is -0.366 e. The van der Waals surface area contributed by atoms with Gasteiger partial charge in [0.25, 0.3) is 0 Å². The van der Waals surface area contributed by atoms with E-state index in [0.29, 0.717) is 0 Å². The van der Waals surface area contributed by atoms with Gasteiger partial charge in [0.15, 0.2) is 0 Å². The Bertz CT molecular complexity index is 2270. The smallest absolute Gasteiger partial charge is 0.366 e. The molecule has 0 aromatic heterocycles. The molecule has 0 nitrogen and oxygen atoms in total. The summed E-state index contributed by atoms with van der Waals surface area (Å²) in [6.07, 6.45) is 17.5. The first-order chi connectivity index (χ1) is 24.6. The third-order valence-corrected chi connectivity index (χ3v) is 14.4.